The third-order valence-corrected chi connectivity index (χ3v) is 3.60. The lowest BCUT2D eigenvalue weighted by atomic mass is 10.1. The SMILES string of the molecule is CCCC1CC(C(=O)Nc2ccc(OC)cc2OC)NN1. The van der Waals surface area contributed by atoms with Crippen molar-refractivity contribution >= 4 is 11.6 Å². The molecule has 1 fully saturated rings. The molecular formula is C15H23N3O3. The van der Waals surface area contributed by atoms with Gasteiger partial charge in [-0.1, -0.05) is 13.3 Å². The van der Waals surface area contributed by atoms with Crippen LogP contribution in [-0.2, 0) is 4.79 Å². The van der Waals surface area contributed by atoms with Gasteiger partial charge in [-0.15, -0.1) is 0 Å². The highest BCUT2D eigenvalue weighted by molar-refractivity contribution is 5.96. The van der Waals surface area contributed by atoms with E-state index >= 15 is 0 Å². The van der Waals surface area contributed by atoms with Crippen molar-refractivity contribution in [2.75, 3.05) is 19.5 Å². The van der Waals surface area contributed by atoms with E-state index in [-0.39, 0.29) is 11.9 Å². The third-order valence-electron chi connectivity index (χ3n) is 3.60. The standard InChI is InChI=1S/C15H23N3O3/c1-4-5-10-8-13(18-17-10)15(19)16-12-7-6-11(20-2)9-14(12)21-3/h6-7,9-10,13,17-18H,4-5,8H2,1-3H3,(H,16,19). The van der Waals surface area contributed by atoms with Crippen LogP contribution in [0, 0.1) is 0 Å². The highest BCUT2D eigenvalue weighted by Crippen LogP contribution is 2.29. The van der Waals surface area contributed by atoms with E-state index in [4.69, 9.17) is 9.47 Å². The fraction of sp³-hybridized carbons (Fsp3) is 0.533. The lowest BCUT2D eigenvalue weighted by Crippen LogP contribution is -2.40. The Hall–Kier alpha value is -1.79. The Balaban J connectivity index is 2.00. The van der Waals surface area contributed by atoms with Crippen molar-refractivity contribution in [3.05, 3.63) is 18.2 Å². The first-order valence-corrected chi connectivity index (χ1v) is 7.21. The number of hydrogen-bond acceptors (Lipinski definition) is 5. The van der Waals surface area contributed by atoms with Gasteiger partial charge in [0, 0.05) is 12.1 Å². The predicted molar refractivity (Wildman–Crippen MR) is 81.5 cm³/mol. The number of hydrazine groups is 1. The van der Waals surface area contributed by atoms with E-state index in [1.807, 2.05) is 0 Å². The van der Waals surface area contributed by atoms with E-state index in [1.54, 1.807) is 32.4 Å². The zero-order chi connectivity index (χ0) is 15.2. The number of ether oxygens (including phenoxy) is 2. The molecule has 0 saturated carbocycles. The Labute approximate surface area is 125 Å². The Morgan fingerprint density at radius 2 is 2.14 bits per heavy atom. The maximum absolute atomic E-state index is 12.3. The second kappa shape index (κ2) is 7.28. The van der Waals surface area contributed by atoms with Crippen LogP contribution in [0.3, 0.4) is 0 Å². The van der Waals surface area contributed by atoms with Crippen LogP contribution in [0.5, 0.6) is 11.5 Å². The molecule has 1 amide bonds. The number of carbonyl (C=O) groups is 1. The van der Waals surface area contributed by atoms with Gasteiger partial charge >= 0.3 is 0 Å². The molecule has 0 aliphatic carbocycles. The van der Waals surface area contributed by atoms with E-state index in [1.165, 1.54) is 0 Å². The zero-order valence-electron chi connectivity index (χ0n) is 12.7. The van der Waals surface area contributed by atoms with Gasteiger partial charge in [0.1, 0.15) is 17.5 Å². The lowest BCUT2D eigenvalue weighted by molar-refractivity contribution is -0.117. The largest absolute Gasteiger partial charge is 0.497 e. The molecule has 6 nitrogen and oxygen atoms in total. The van der Waals surface area contributed by atoms with Gasteiger partial charge in [-0.2, -0.15) is 0 Å². The van der Waals surface area contributed by atoms with Crippen molar-refractivity contribution in [1.82, 2.24) is 10.9 Å². The Bertz CT molecular complexity index is 493. The van der Waals surface area contributed by atoms with Crippen LogP contribution >= 0.6 is 0 Å². The maximum atomic E-state index is 12.3. The average molecular weight is 293 g/mol. The van der Waals surface area contributed by atoms with Crippen molar-refractivity contribution in [3.63, 3.8) is 0 Å². The van der Waals surface area contributed by atoms with Gasteiger partial charge in [-0.3, -0.25) is 10.2 Å². The number of carbonyl (C=O) groups excluding carboxylic acids is 1. The lowest BCUT2D eigenvalue weighted by Gasteiger charge is -2.14. The molecule has 6 heteroatoms. The van der Waals surface area contributed by atoms with Crippen LogP contribution in [-0.4, -0.2) is 32.2 Å². The van der Waals surface area contributed by atoms with E-state index in [0.29, 0.717) is 23.2 Å². The Morgan fingerprint density at radius 3 is 2.81 bits per heavy atom. The normalized spacial score (nSPS) is 21.1. The minimum absolute atomic E-state index is 0.0652. The third kappa shape index (κ3) is 3.86. The minimum atomic E-state index is -0.228. The molecule has 0 radical (unpaired) electrons. The maximum Gasteiger partial charge on any atom is 0.243 e. The molecule has 0 aromatic heterocycles. The molecule has 1 aliphatic heterocycles. The van der Waals surface area contributed by atoms with Crippen LogP contribution in [0.25, 0.3) is 0 Å². The van der Waals surface area contributed by atoms with Gasteiger partial charge in [0.2, 0.25) is 5.91 Å². The molecular weight excluding hydrogens is 270 g/mol. The molecule has 2 rings (SSSR count). The van der Waals surface area contributed by atoms with Gasteiger partial charge in [-0.05, 0) is 25.0 Å². The summed E-state index contributed by atoms with van der Waals surface area (Å²) in [5.74, 6) is 1.21. The van der Waals surface area contributed by atoms with Crippen LogP contribution < -0.4 is 25.6 Å². The minimum Gasteiger partial charge on any atom is -0.497 e. The number of nitrogens with one attached hydrogen (secondary N) is 3. The molecule has 2 unspecified atom stereocenters. The monoisotopic (exact) mass is 293 g/mol. The first-order chi connectivity index (χ1) is 10.2. The van der Waals surface area contributed by atoms with Crippen LogP contribution in [0.1, 0.15) is 26.2 Å². The van der Waals surface area contributed by atoms with Crippen molar-refractivity contribution in [3.8, 4) is 11.5 Å². The number of benzene rings is 1. The summed E-state index contributed by atoms with van der Waals surface area (Å²) >= 11 is 0. The predicted octanol–water partition coefficient (Wildman–Crippen LogP) is 1.68. The molecule has 1 aromatic rings. The Kier molecular flexibility index (Phi) is 5.41. The molecule has 21 heavy (non-hydrogen) atoms. The summed E-state index contributed by atoms with van der Waals surface area (Å²) < 4.78 is 10.4. The molecule has 1 heterocycles. The molecule has 2 atom stereocenters. The fourth-order valence-electron chi connectivity index (χ4n) is 2.45. The summed E-state index contributed by atoms with van der Waals surface area (Å²) in [4.78, 5) is 12.3. The molecule has 0 spiro atoms. The fourth-order valence-corrected chi connectivity index (χ4v) is 2.45. The first-order valence-electron chi connectivity index (χ1n) is 7.21. The van der Waals surface area contributed by atoms with Crippen molar-refractivity contribution in [2.45, 2.75) is 38.3 Å². The van der Waals surface area contributed by atoms with Gasteiger partial charge in [0.25, 0.3) is 0 Å². The van der Waals surface area contributed by atoms with Crippen molar-refractivity contribution in [1.29, 1.82) is 0 Å². The van der Waals surface area contributed by atoms with E-state index < -0.39 is 0 Å². The second-order valence-electron chi connectivity index (χ2n) is 5.12. The molecule has 116 valence electrons. The van der Waals surface area contributed by atoms with Gasteiger partial charge in [0.05, 0.1) is 19.9 Å². The van der Waals surface area contributed by atoms with E-state index in [9.17, 15) is 4.79 Å². The molecule has 0 bridgehead atoms. The van der Waals surface area contributed by atoms with E-state index in [0.717, 1.165) is 19.3 Å². The second-order valence-corrected chi connectivity index (χ2v) is 5.12. The quantitative estimate of drug-likeness (QED) is 0.744. The number of hydrogen-bond donors (Lipinski definition) is 3. The first kappa shape index (κ1) is 15.6. The average Bonchev–Trinajstić information content (AvgIpc) is 2.96. The summed E-state index contributed by atoms with van der Waals surface area (Å²) in [5, 5.41) is 2.90. The number of rotatable bonds is 6. The van der Waals surface area contributed by atoms with Crippen LogP contribution in [0.15, 0.2) is 18.2 Å². The smallest absolute Gasteiger partial charge is 0.243 e. The summed E-state index contributed by atoms with van der Waals surface area (Å²) in [6.07, 6.45) is 2.95. The van der Waals surface area contributed by atoms with Gasteiger partial charge < -0.3 is 14.8 Å². The number of amides is 1. The van der Waals surface area contributed by atoms with Gasteiger partial charge in [0.15, 0.2) is 0 Å². The highest BCUT2D eigenvalue weighted by atomic mass is 16.5. The van der Waals surface area contributed by atoms with Crippen molar-refractivity contribution in [2.24, 2.45) is 0 Å². The summed E-state index contributed by atoms with van der Waals surface area (Å²) in [6.45, 7) is 2.14. The zero-order valence-corrected chi connectivity index (χ0v) is 12.7. The molecule has 1 saturated heterocycles. The van der Waals surface area contributed by atoms with Crippen LogP contribution in [0.4, 0.5) is 5.69 Å². The summed E-state index contributed by atoms with van der Waals surface area (Å²) in [6, 6.07) is 5.44. The highest BCUT2D eigenvalue weighted by Gasteiger charge is 2.29. The topological polar surface area (TPSA) is 71.6 Å². The summed E-state index contributed by atoms with van der Waals surface area (Å²) in [7, 11) is 3.16. The van der Waals surface area contributed by atoms with Crippen molar-refractivity contribution < 1.29 is 14.3 Å². The number of methoxy groups -OCH3 is 2. The summed E-state index contributed by atoms with van der Waals surface area (Å²) in [5.41, 5.74) is 6.85. The van der Waals surface area contributed by atoms with E-state index in [2.05, 4.69) is 23.1 Å². The molecule has 1 aliphatic rings. The van der Waals surface area contributed by atoms with Crippen LogP contribution in [0.2, 0.25) is 0 Å². The van der Waals surface area contributed by atoms with Gasteiger partial charge in [-0.25, -0.2) is 5.43 Å². The molecule has 1 aromatic carbocycles. The number of anilines is 1. The molecule has 3 N–H and O–H groups in total. The Morgan fingerprint density at radius 1 is 1.33 bits per heavy atom.